The summed E-state index contributed by atoms with van der Waals surface area (Å²) in [6, 6.07) is 12.6. The second-order valence-corrected chi connectivity index (χ2v) is 6.31. The largest absolute Gasteiger partial charge is 0.396 e. The molecule has 1 N–H and O–H groups in total. The second kappa shape index (κ2) is 6.19. The van der Waals surface area contributed by atoms with E-state index >= 15 is 0 Å². The van der Waals surface area contributed by atoms with Crippen molar-refractivity contribution in [3.8, 4) is 0 Å². The quantitative estimate of drug-likeness (QED) is 0.918. The van der Waals surface area contributed by atoms with E-state index in [1.165, 1.54) is 16.7 Å². The van der Waals surface area contributed by atoms with Crippen LogP contribution in [0.2, 0.25) is 0 Å². The number of hydrogen-bond donors (Lipinski definition) is 1. The van der Waals surface area contributed by atoms with Gasteiger partial charge < -0.3 is 5.11 Å². The highest BCUT2D eigenvalue weighted by Crippen LogP contribution is 2.26. The number of nitrogens with zero attached hydrogens (tertiary/aromatic N) is 1. The highest BCUT2D eigenvalue weighted by Gasteiger charge is 2.15. The minimum Gasteiger partial charge on any atom is -0.396 e. The van der Waals surface area contributed by atoms with Crippen molar-refractivity contribution >= 4 is 0 Å². The summed E-state index contributed by atoms with van der Waals surface area (Å²) in [4.78, 5) is 4.03. The third kappa shape index (κ3) is 3.67. The maximum atomic E-state index is 9.65. The normalized spacial score (nSPS) is 13.2. The minimum atomic E-state index is 0.145. The van der Waals surface area contributed by atoms with E-state index in [1.807, 2.05) is 12.1 Å². The van der Waals surface area contributed by atoms with Gasteiger partial charge in [0.25, 0.3) is 0 Å². The van der Waals surface area contributed by atoms with Crippen LogP contribution in [0.4, 0.5) is 0 Å². The van der Waals surface area contributed by atoms with Gasteiger partial charge in [-0.1, -0.05) is 45.0 Å². The smallest absolute Gasteiger partial charge is 0.0502 e. The summed E-state index contributed by atoms with van der Waals surface area (Å²) < 4.78 is 0. The van der Waals surface area contributed by atoms with Crippen LogP contribution in [0.5, 0.6) is 0 Å². The van der Waals surface area contributed by atoms with Crippen molar-refractivity contribution in [1.82, 2.24) is 4.98 Å². The van der Waals surface area contributed by atoms with Gasteiger partial charge in [-0.05, 0) is 40.7 Å². The molecule has 0 spiro atoms. The molecule has 20 heavy (non-hydrogen) atoms. The third-order valence-corrected chi connectivity index (χ3v) is 3.70. The van der Waals surface area contributed by atoms with Gasteiger partial charge in [-0.15, -0.1) is 0 Å². The van der Waals surface area contributed by atoms with Gasteiger partial charge in [-0.3, -0.25) is 4.98 Å². The molecular formula is C18H23NO. The first kappa shape index (κ1) is 14.7. The molecule has 0 fully saturated rings. The summed E-state index contributed by atoms with van der Waals surface area (Å²) in [5, 5.41) is 9.65. The Hall–Kier alpha value is -1.67. The molecule has 2 aromatic rings. The van der Waals surface area contributed by atoms with Crippen LogP contribution >= 0.6 is 0 Å². The van der Waals surface area contributed by atoms with E-state index in [-0.39, 0.29) is 17.9 Å². The Morgan fingerprint density at radius 2 is 1.60 bits per heavy atom. The zero-order valence-electron chi connectivity index (χ0n) is 12.5. The molecular weight excluding hydrogens is 246 g/mol. The molecule has 0 aliphatic rings. The highest BCUT2D eigenvalue weighted by atomic mass is 16.3. The van der Waals surface area contributed by atoms with Crippen molar-refractivity contribution in [3.05, 3.63) is 65.5 Å². The van der Waals surface area contributed by atoms with Crippen LogP contribution in [0.25, 0.3) is 0 Å². The van der Waals surface area contributed by atoms with Crippen LogP contribution in [-0.4, -0.2) is 16.7 Å². The SMILES string of the molecule is CC(C)(C)c1ccc(C(CO)Cc2ccncc2)cc1. The van der Waals surface area contributed by atoms with Gasteiger partial charge >= 0.3 is 0 Å². The van der Waals surface area contributed by atoms with E-state index in [1.54, 1.807) is 12.4 Å². The molecule has 0 aliphatic carbocycles. The second-order valence-electron chi connectivity index (χ2n) is 6.31. The van der Waals surface area contributed by atoms with E-state index in [0.29, 0.717) is 0 Å². The third-order valence-electron chi connectivity index (χ3n) is 3.70. The molecule has 1 heterocycles. The fourth-order valence-corrected chi connectivity index (χ4v) is 2.35. The molecule has 1 atom stereocenters. The molecule has 0 saturated carbocycles. The zero-order chi connectivity index (χ0) is 14.6. The van der Waals surface area contributed by atoms with Crippen molar-refractivity contribution in [2.24, 2.45) is 0 Å². The number of aliphatic hydroxyl groups excluding tert-OH is 1. The monoisotopic (exact) mass is 269 g/mol. The van der Waals surface area contributed by atoms with Gasteiger partial charge in [0.2, 0.25) is 0 Å². The fourth-order valence-electron chi connectivity index (χ4n) is 2.35. The highest BCUT2D eigenvalue weighted by molar-refractivity contribution is 5.30. The Labute approximate surface area is 121 Å². The van der Waals surface area contributed by atoms with Crippen LogP contribution in [0.15, 0.2) is 48.8 Å². The average molecular weight is 269 g/mol. The number of rotatable bonds is 4. The van der Waals surface area contributed by atoms with E-state index in [4.69, 9.17) is 0 Å². The maximum absolute atomic E-state index is 9.65. The van der Waals surface area contributed by atoms with E-state index in [0.717, 1.165) is 6.42 Å². The molecule has 1 unspecified atom stereocenters. The predicted molar refractivity (Wildman–Crippen MR) is 82.9 cm³/mol. The number of pyridine rings is 1. The molecule has 1 aromatic carbocycles. The number of hydrogen-bond acceptors (Lipinski definition) is 2. The van der Waals surface area contributed by atoms with Crippen molar-refractivity contribution < 1.29 is 5.11 Å². The molecule has 0 radical (unpaired) electrons. The molecule has 2 nitrogen and oxygen atoms in total. The molecule has 0 saturated heterocycles. The van der Waals surface area contributed by atoms with Crippen LogP contribution in [-0.2, 0) is 11.8 Å². The molecule has 106 valence electrons. The Morgan fingerprint density at radius 3 is 2.10 bits per heavy atom. The number of benzene rings is 1. The maximum Gasteiger partial charge on any atom is 0.0502 e. The topological polar surface area (TPSA) is 33.1 Å². The van der Waals surface area contributed by atoms with Gasteiger partial charge in [0.15, 0.2) is 0 Å². The minimum absolute atomic E-state index is 0.145. The van der Waals surface area contributed by atoms with Gasteiger partial charge in [0, 0.05) is 18.3 Å². The van der Waals surface area contributed by atoms with Crippen molar-refractivity contribution in [1.29, 1.82) is 0 Å². The summed E-state index contributed by atoms with van der Waals surface area (Å²) in [6.45, 7) is 6.80. The standard InChI is InChI=1S/C18H23NO/c1-18(2,3)17-6-4-15(5-7-17)16(13-20)12-14-8-10-19-11-9-14/h4-11,16,20H,12-13H2,1-3H3. The van der Waals surface area contributed by atoms with Crippen LogP contribution in [0.1, 0.15) is 43.4 Å². The van der Waals surface area contributed by atoms with Crippen molar-refractivity contribution in [2.75, 3.05) is 6.61 Å². The number of aromatic nitrogens is 1. The van der Waals surface area contributed by atoms with Gasteiger partial charge in [0.1, 0.15) is 0 Å². The van der Waals surface area contributed by atoms with E-state index in [2.05, 4.69) is 50.0 Å². The lowest BCUT2D eigenvalue weighted by molar-refractivity contribution is 0.264. The van der Waals surface area contributed by atoms with Gasteiger partial charge in [-0.25, -0.2) is 0 Å². The summed E-state index contributed by atoms with van der Waals surface area (Å²) >= 11 is 0. The summed E-state index contributed by atoms with van der Waals surface area (Å²) in [5.41, 5.74) is 3.89. The number of aliphatic hydroxyl groups is 1. The predicted octanol–water partition coefficient (Wildman–Crippen LogP) is 3.70. The van der Waals surface area contributed by atoms with Gasteiger partial charge in [-0.2, -0.15) is 0 Å². The molecule has 0 amide bonds. The molecule has 0 bridgehead atoms. The lowest BCUT2D eigenvalue weighted by atomic mass is 9.85. The lowest BCUT2D eigenvalue weighted by Gasteiger charge is -2.21. The summed E-state index contributed by atoms with van der Waals surface area (Å²) in [5.74, 6) is 0.145. The Morgan fingerprint density at radius 1 is 1.00 bits per heavy atom. The lowest BCUT2D eigenvalue weighted by Crippen LogP contribution is -2.12. The van der Waals surface area contributed by atoms with Crippen molar-refractivity contribution in [2.45, 2.75) is 38.5 Å². The van der Waals surface area contributed by atoms with E-state index in [9.17, 15) is 5.11 Å². The molecule has 2 rings (SSSR count). The van der Waals surface area contributed by atoms with Crippen LogP contribution in [0.3, 0.4) is 0 Å². The first-order chi connectivity index (χ1) is 9.50. The summed E-state index contributed by atoms with van der Waals surface area (Å²) in [6.07, 6.45) is 4.44. The first-order valence-electron chi connectivity index (χ1n) is 7.11. The molecule has 0 aliphatic heterocycles. The summed E-state index contributed by atoms with van der Waals surface area (Å²) in [7, 11) is 0. The van der Waals surface area contributed by atoms with Gasteiger partial charge in [0.05, 0.1) is 6.61 Å². The average Bonchev–Trinajstić information content (AvgIpc) is 2.45. The Bertz CT molecular complexity index is 526. The molecule has 1 aromatic heterocycles. The Kier molecular flexibility index (Phi) is 4.56. The van der Waals surface area contributed by atoms with Crippen LogP contribution in [0, 0.1) is 0 Å². The van der Waals surface area contributed by atoms with Crippen molar-refractivity contribution in [3.63, 3.8) is 0 Å². The fraction of sp³-hybridized carbons (Fsp3) is 0.389. The van der Waals surface area contributed by atoms with Crippen LogP contribution < -0.4 is 0 Å². The molecule has 2 heteroatoms. The first-order valence-corrected chi connectivity index (χ1v) is 7.11. The Balaban J connectivity index is 2.16. The van der Waals surface area contributed by atoms with E-state index < -0.39 is 0 Å². The zero-order valence-corrected chi connectivity index (χ0v) is 12.5.